The number of nitro groups is 1. The summed E-state index contributed by atoms with van der Waals surface area (Å²) in [6.07, 6.45) is 0. The molecule has 154 valence electrons. The van der Waals surface area contributed by atoms with Gasteiger partial charge in [0, 0.05) is 4.92 Å². The number of hydrogen-bond acceptors (Lipinski definition) is 3. The second-order valence-corrected chi connectivity index (χ2v) is 8.83. The van der Waals surface area contributed by atoms with Gasteiger partial charge in [0.2, 0.25) is 6.04 Å². The molecule has 31 heavy (non-hydrogen) atoms. The van der Waals surface area contributed by atoms with Crippen molar-refractivity contribution in [2.45, 2.75) is 25.8 Å². The lowest BCUT2D eigenvalue weighted by molar-refractivity contribution is -0.536. The van der Waals surface area contributed by atoms with Gasteiger partial charge in [0.15, 0.2) is 5.78 Å². The second kappa shape index (κ2) is 6.74. The van der Waals surface area contributed by atoms with Crippen LogP contribution in [0.2, 0.25) is 0 Å². The van der Waals surface area contributed by atoms with Crippen molar-refractivity contribution in [3.63, 3.8) is 0 Å². The molecule has 4 nitrogen and oxygen atoms in total. The Bertz CT molecular complexity index is 1200. The van der Waals surface area contributed by atoms with E-state index < -0.39 is 22.8 Å². The molecule has 2 bridgehead atoms. The summed E-state index contributed by atoms with van der Waals surface area (Å²) in [7, 11) is 0. The van der Waals surface area contributed by atoms with Crippen LogP contribution in [0.1, 0.15) is 36.5 Å². The highest BCUT2D eigenvalue weighted by molar-refractivity contribution is 6.23. The SMILES string of the molecule is CC12C(=O)C(C)(C(c3ccccc3)=C1c1ccccc1)C([N+](=O)[O-])C2c1ccccc1. The van der Waals surface area contributed by atoms with Gasteiger partial charge in [-0.05, 0) is 41.7 Å². The highest BCUT2D eigenvalue weighted by atomic mass is 16.6. The fourth-order valence-electron chi connectivity index (χ4n) is 6.12. The first-order valence-corrected chi connectivity index (χ1v) is 10.5. The number of rotatable bonds is 4. The van der Waals surface area contributed by atoms with Crippen LogP contribution in [0.5, 0.6) is 0 Å². The maximum Gasteiger partial charge on any atom is 0.237 e. The van der Waals surface area contributed by atoms with E-state index in [1.807, 2.05) is 97.9 Å². The lowest BCUT2D eigenvalue weighted by Crippen LogP contribution is -2.42. The molecule has 0 saturated heterocycles. The second-order valence-electron chi connectivity index (χ2n) is 8.83. The van der Waals surface area contributed by atoms with Crippen molar-refractivity contribution in [3.8, 4) is 0 Å². The molecule has 0 radical (unpaired) electrons. The Balaban J connectivity index is 1.90. The maximum atomic E-state index is 14.1. The first-order valence-electron chi connectivity index (χ1n) is 10.5. The van der Waals surface area contributed by atoms with Crippen molar-refractivity contribution in [1.29, 1.82) is 0 Å². The third kappa shape index (κ3) is 2.45. The van der Waals surface area contributed by atoms with E-state index >= 15 is 0 Å². The molecule has 2 aliphatic rings. The molecule has 0 heterocycles. The molecule has 0 N–H and O–H groups in total. The van der Waals surface area contributed by atoms with E-state index in [-0.39, 0.29) is 10.7 Å². The van der Waals surface area contributed by atoms with Gasteiger partial charge in [-0.3, -0.25) is 14.9 Å². The van der Waals surface area contributed by atoms with E-state index in [4.69, 9.17) is 0 Å². The number of Topliss-reactive ketones (excluding diaryl/α,β-unsaturated/α-hetero) is 1. The third-order valence-corrected chi connectivity index (χ3v) is 7.27. The highest BCUT2D eigenvalue weighted by Crippen LogP contribution is 2.72. The molecule has 1 saturated carbocycles. The van der Waals surface area contributed by atoms with Gasteiger partial charge in [-0.1, -0.05) is 91.0 Å². The summed E-state index contributed by atoms with van der Waals surface area (Å²) >= 11 is 0. The molecular weight excluding hydrogens is 386 g/mol. The average molecular weight is 409 g/mol. The molecular formula is C27H23NO3. The van der Waals surface area contributed by atoms with Crippen molar-refractivity contribution < 1.29 is 9.72 Å². The van der Waals surface area contributed by atoms with Crippen LogP contribution < -0.4 is 0 Å². The fraction of sp³-hybridized carbons (Fsp3) is 0.222. The summed E-state index contributed by atoms with van der Waals surface area (Å²) < 4.78 is 0. The molecule has 3 aromatic carbocycles. The minimum atomic E-state index is -1.22. The summed E-state index contributed by atoms with van der Waals surface area (Å²) in [5, 5.41) is 12.5. The van der Waals surface area contributed by atoms with E-state index in [1.54, 1.807) is 6.92 Å². The number of ketones is 1. The average Bonchev–Trinajstić information content (AvgIpc) is 3.09. The lowest BCUT2D eigenvalue weighted by Gasteiger charge is -2.37. The Hall–Kier alpha value is -3.53. The summed E-state index contributed by atoms with van der Waals surface area (Å²) in [6.45, 7) is 3.69. The lowest BCUT2D eigenvalue weighted by atomic mass is 9.63. The van der Waals surface area contributed by atoms with Crippen molar-refractivity contribution in [1.82, 2.24) is 0 Å². The van der Waals surface area contributed by atoms with Gasteiger partial charge in [-0.2, -0.15) is 0 Å². The van der Waals surface area contributed by atoms with Crippen LogP contribution in [0.4, 0.5) is 0 Å². The summed E-state index contributed by atoms with van der Waals surface area (Å²) in [6, 6.07) is 28.0. The van der Waals surface area contributed by atoms with Crippen molar-refractivity contribution >= 4 is 16.9 Å². The Labute approximate surface area is 181 Å². The fourth-order valence-corrected chi connectivity index (χ4v) is 6.12. The molecule has 0 spiro atoms. The van der Waals surface area contributed by atoms with Gasteiger partial charge >= 0.3 is 0 Å². The van der Waals surface area contributed by atoms with E-state index in [1.165, 1.54) is 0 Å². The van der Waals surface area contributed by atoms with E-state index in [9.17, 15) is 14.9 Å². The minimum absolute atomic E-state index is 0.0618. The smallest absolute Gasteiger partial charge is 0.237 e. The van der Waals surface area contributed by atoms with Crippen LogP contribution >= 0.6 is 0 Å². The number of nitrogens with zero attached hydrogens (tertiary/aromatic N) is 1. The van der Waals surface area contributed by atoms with Gasteiger partial charge < -0.3 is 0 Å². The van der Waals surface area contributed by atoms with Gasteiger partial charge in [0.1, 0.15) is 5.41 Å². The van der Waals surface area contributed by atoms with Gasteiger partial charge in [0.05, 0.1) is 11.3 Å². The van der Waals surface area contributed by atoms with Crippen LogP contribution in [-0.4, -0.2) is 16.7 Å². The maximum absolute atomic E-state index is 14.1. The molecule has 5 rings (SSSR count). The number of hydrogen-bond donors (Lipinski definition) is 0. The zero-order valence-electron chi connectivity index (χ0n) is 17.5. The summed E-state index contributed by atoms with van der Waals surface area (Å²) in [5.74, 6) is -0.600. The number of allylic oxidation sites excluding steroid dienone is 1. The van der Waals surface area contributed by atoms with E-state index in [0.29, 0.717) is 0 Å². The van der Waals surface area contributed by atoms with Crippen LogP contribution in [0.15, 0.2) is 91.0 Å². The predicted molar refractivity (Wildman–Crippen MR) is 121 cm³/mol. The van der Waals surface area contributed by atoms with Crippen molar-refractivity contribution in [2.75, 3.05) is 0 Å². The van der Waals surface area contributed by atoms with Crippen molar-refractivity contribution in [2.24, 2.45) is 10.8 Å². The quantitative estimate of drug-likeness (QED) is 0.414. The van der Waals surface area contributed by atoms with E-state index in [0.717, 1.165) is 27.8 Å². The predicted octanol–water partition coefficient (Wildman–Crippen LogP) is 5.64. The Morgan fingerprint density at radius 1 is 0.710 bits per heavy atom. The molecule has 0 amide bonds. The normalized spacial score (nSPS) is 29.4. The Kier molecular flexibility index (Phi) is 4.23. The number of benzene rings is 3. The topological polar surface area (TPSA) is 60.2 Å². The number of fused-ring (bicyclic) bond motifs is 2. The van der Waals surface area contributed by atoms with Gasteiger partial charge in [-0.25, -0.2) is 0 Å². The first kappa shape index (κ1) is 19.4. The molecule has 4 heteroatoms. The van der Waals surface area contributed by atoms with Crippen molar-refractivity contribution in [3.05, 3.63) is 118 Å². The van der Waals surface area contributed by atoms with Gasteiger partial charge in [0.25, 0.3) is 0 Å². The van der Waals surface area contributed by atoms with Gasteiger partial charge in [-0.15, -0.1) is 0 Å². The number of carbonyl (C=O) groups is 1. The molecule has 2 aliphatic carbocycles. The molecule has 1 fully saturated rings. The van der Waals surface area contributed by atoms with Crippen LogP contribution in [-0.2, 0) is 4.79 Å². The highest BCUT2D eigenvalue weighted by Gasteiger charge is 2.77. The minimum Gasteiger partial charge on any atom is -0.297 e. The zero-order valence-corrected chi connectivity index (χ0v) is 17.5. The monoisotopic (exact) mass is 409 g/mol. The largest absolute Gasteiger partial charge is 0.297 e. The molecule has 0 aliphatic heterocycles. The van der Waals surface area contributed by atoms with Crippen LogP contribution in [0.3, 0.4) is 0 Å². The first-order chi connectivity index (χ1) is 14.9. The molecule has 4 unspecified atom stereocenters. The Morgan fingerprint density at radius 2 is 1.13 bits per heavy atom. The molecule has 0 aromatic heterocycles. The Morgan fingerprint density at radius 3 is 1.58 bits per heavy atom. The zero-order chi connectivity index (χ0) is 21.8. The molecule has 3 aromatic rings. The van der Waals surface area contributed by atoms with E-state index in [2.05, 4.69) is 0 Å². The third-order valence-electron chi connectivity index (χ3n) is 7.27. The number of carbonyl (C=O) groups excluding carboxylic acids is 1. The van der Waals surface area contributed by atoms with Crippen LogP contribution in [0.25, 0.3) is 11.1 Å². The summed E-state index contributed by atoms with van der Waals surface area (Å²) in [5.41, 5.74) is 2.15. The molecule has 4 atom stereocenters. The van der Waals surface area contributed by atoms with Crippen LogP contribution in [0, 0.1) is 20.9 Å². The standard InChI is InChI=1S/C27H23NO3/c1-26-21(18-12-6-3-7-13-18)22(19-14-8-4-9-15-19)27(2,25(26)29)24(28(30)31)23(26)20-16-10-5-11-17-20/h3-17,23-24H,1-2H3. The summed E-state index contributed by atoms with van der Waals surface area (Å²) in [4.78, 5) is 26.4.